The Morgan fingerprint density at radius 3 is 2.48 bits per heavy atom. The molecule has 168 valence electrons. The van der Waals surface area contributed by atoms with Crippen LogP contribution in [-0.4, -0.2) is 71.9 Å². The van der Waals surface area contributed by atoms with Crippen molar-refractivity contribution in [1.29, 1.82) is 0 Å². The third kappa shape index (κ3) is 5.92. The number of hydroxylamine groups is 1. The molecule has 1 aliphatic carbocycles. The summed E-state index contributed by atoms with van der Waals surface area (Å²) in [6.07, 6.45) is 10.6. The largest absolute Gasteiger partial charge is 0.369 e. The van der Waals surface area contributed by atoms with E-state index in [0.717, 1.165) is 45.7 Å². The van der Waals surface area contributed by atoms with Crippen LogP contribution < -0.4 is 10.4 Å². The van der Waals surface area contributed by atoms with Crippen molar-refractivity contribution in [2.75, 3.05) is 51.2 Å². The molecule has 2 aliphatic heterocycles. The first kappa shape index (κ1) is 22.4. The van der Waals surface area contributed by atoms with Crippen LogP contribution in [0.25, 0.3) is 0 Å². The number of nitrogens with zero attached hydrogens (tertiary/aromatic N) is 3. The van der Waals surface area contributed by atoms with Gasteiger partial charge in [0.25, 0.3) is 5.91 Å². The topological polar surface area (TPSA) is 59.0 Å². The third-order valence-corrected chi connectivity index (χ3v) is 7.91. The van der Waals surface area contributed by atoms with Crippen LogP contribution in [0.4, 0.5) is 5.69 Å². The van der Waals surface area contributed by atoms with Gasteiger partial charge in [0, 0.05) is 61.7 Å². The summed E-state index contributed by atoms with van der Waals surface area (Å²) in [6, 6.07) is 9.20. The summed E-state index contributed by atoms with van der Waals surface area (Å²) in [6.45, 7) is 6.26. The number of carbonyl (C=O) groups excluding carboxylic acids is 1. The first-order valence-electron chi connectivity index (χ1n) is 11.4. The van der Waals surface area contributed by atoms with E-state index in [-0.39, 0.29) is 5.91 Å². The molecule has 2 heterocycles. The fourth-order valence-corrected chi connectivity index (χ4v) is 5.77. The lowest BCUT2D eigenvalue weighted by molar-refractivity contribution is -0.125. The number of anilines is 1. The summed E-state index contributed by atoms with van der Waals surface area (Å²) in [5.41, 5.74) is 5.19. The highest BCUT2D eigenvalue weighted by atomic mass is 32.2. The second-order valence-corrected chi connectivity index (χ2v) is 10.1. The van der Waals surface area contributed by atoms with Crippen molar-refractivity contribution >= 4 is 23.5 Å². The number of amides is 1. The summed E-state index contributed by atoms with van der Waals surface area (Å²) in [7, 11) is 2.19. The van der Waals surface area contributed by atoms with E-state index in [4.69, 9.17) is 5.21 Å². The number of rotatable bonds is 5. The van der Waals surface area contributed by atoms with Gasteiger partial charge < -0.3 is 9.80 Å². The molecular formula is C24H34N4O2S. The molecule has 0 saturated carbocycles. The number of hydrogen-bond acceptors (Lipinski definition) is 6. The molecule has 1 fully saturated rings. The van der Waals surface area contributed by atoms with Crippen LogP contribution in [0.5, 0.6) is 0 Å². The van der Waals surface area contributed by atoms with Crippen LogP contribution in [0.15, 0.2) is 48.1 Å². The van der Waals surface area contributed by atoms with Gasteiger partial charge in [-0.2, -0.15) is 0 Å². The van der Waals surface area contributed by atoms with Gasteiger partial charge in [0.15, 0.2) is 0 Å². The molecule has 2 atom stereocenters. The maximum atomic E-state index is 11.6. The van der Waals surface area contributed by atoms with Gasteiger partial charge in [0.1, 0.15) is 0 Å². The molecule has 0 spiro atoms. The van der Waals surface area contributed by atoms with Gasteiger partial charge >= 0.3 is 0 Å². The molecule has 31 heavy (non-hydrogen) atoms. The quantitative estimate of drug-likeness (QED) is 0.315. The van der Waals surface area contributed by atoms with Gasteiger partial charge in [-0.15, -0.1) is 0 Å². The zero-order chi connectivity index (χ0) is 21.6. The summed E-state index contributed by atoms with van der Waals surface area (Å²) < 4.78 is 2.37. The average Bonchev–Trinajstić information content (AvgIpc) is 3.05. The van der Waals surface area contributed by atoms with Crippen LogP contribution >= 0.6 is 11.9 Å². The van der Waals surface area contributed by atoms with Gasteiger partial charge in [-0.05, 0) is 50.4 Å². The van der Waals surface area contributed by atoms with Crippen LogP contribution in [0, 0.1) is 0 Å². The van der Waals surface area contributed by atoms with Crippen molar-refractivity contribution in [3.63, 3.8) is 0 Å². The second-order valence-electron chi connectivity index (χ2n) is 8.73. The lowest BCUT2D eigenvalue weighted by Crippen LogP contribution is -2.44. The highest BCUT2D eigenvalue weighted by Gasteiger charge is 2.22. The molecule has 7 heteroatoms. The Balaban J connectivity index is 1.27. The molecule has 0 aromatic heterocycles. The number of piperazine rings is 1. The Bertz CT molecular complexity index is 802. The van der Waals surface area contributed by atoms with E-state index in [9.17, 15) is 4.79 Å². The molecule has 2 unspecified atom stereocenters. The Morgan fingerprint density at radius 1 is 1.03 bits per heavy atom. The van der Waals surface area contributed by atoms with Gasteiger partial charge in [-0.3, -0.25) is 10.0 Å². The number of benzene rings is 1. The number of nitrogens with one attached hydrogen (secondary N) is 1. The fraction of sp³-hybridized carbons (Fsp3) is 0.542. The predicted molar refractivity (Wildman–Crippen MR) is 127 cm³/mol. The normalized spacial score (nSPS) is 25.7. The third-order valence-electron chi connectivity index (χ3n) is 6.59. The van der Waals surface area contributed by atoms with Gasteiger partial charge in [-0.25, -0.2) is 9.79 Å². The minimum Gasteiger partial charge on any atom is -0.369 e. The minimum absolute atomic E-state index is 0.370. The number of hydrogen-bond donors (Lipinski definition) is 2. The minimum atomic E-state index is -0.370. The molecule has 2 N–H and O–H groups in total. The fourth-order valence-electron chi connectivity index (χ4n) is 4.57. The predicted octanol–water partition coefficient (Wildman–Crippen LogP) is 3.42. The second kappa shape index (κ2) is 10.7. The van der Waals surface area contributed by atoms with Gasteiger partial charge in [0.05, 0.1) is 0 Å². The molecule has 6 nitrogen and oxygen atoms in total. The summed E-state index contributed by atoms with van der Waals surface area (Å²) in [5, 5.41) is 9.34. The molecule has 1 amide bonds. The van der Waals surface area contributed by atoms with Crippen molar-refractivity contribution < 1.29 is 10.0 Å². The van der Waals surface area contributed by atoms with Crippen LogP contribution in [0.1, 0.15) is 37.2 Å². The zero-order valence-electron chi connectivity index (χ0n) is 18.4. The van der Waals surface area contributed by atoms with E-state index in [2.05, 4.69) is 57.6 Å². The van der Waals surface area contributed by atoms with E-state index in [1.54, 1.807) is 5.48 Å². The van der Waals surface area contributed by atoms with Crippen molar-refractivity contribution in [2.45, 2.75) is 36.9 Å². The molecular weight excluding hydrogens is 408 g/mol. The monoisotopic (exact) mass is 442 g/mol. The zero-order valence-corrected chi connectivity index (χ0v) is 19.2. The standard InChI is InChI=1S/C24H34N4O2S/c1-26-15-17-27(18-16-26)22-8-4-19(5-9-22)20-6-10-23(11-7-20)31-28-13-2-3-21(12-14-28)24(29)25-30/h3-6,8-10,20,23,30H,2,7,11-18H2,1H3,(H,25,29). The van der Waals surface area contributed by atoms with Crippen molar-refractivity contribution in [1.82, 2.24) is 14.7 Å². The highest BCUT2D eigenvalue weighted by Crippen LogP contribution is 2.35. The number of likely N-dealkylation sites (N-methyl/N-ethyl adjacent to an activating group) is 1. The van der Waals surface area contributed by atoms with E-state index >= 15 is 0 Å². The highest BCUT2D eigenvalue weighted by molar-refractivity contribution is 7.97. The Labute approximate surface area is 190 Å². The van der Waals surface area contributed by atoms with E-state index in [1.807, 2.05) is 18.0 Å². The van der Waals surface area contributed by atoms with Gasteiger partial charge in [-0.1, -0.05) is 42.3 Å². The lowest BCUT2D eigenvalue weighted by Gasteiger charge is -2.34. The summed E-state index contributed by atoms with van der Waals surface area (Å²) >= 11 is 1.90. The molecule has 0 radical (unpaired) electrons. The molecule has 1 saturated heterocycles. The first-order chi connectivity index (χ1) is 15.1. The van der Waals surface area contributed by atoms with E-state index in [0.29, 0.717) is 23.2 Å². The smallest absolute Gasteiger partial charge is 0.270 e. The SMILES string of the molecule is CN1CCN(c2ccc(C3C=CC(SN4CCC=C(C(=O)NO)CC4)CC3)cc2)CC1. The Kier molecular flexibility index (Phi) is 7.72. The van der Waals surface area contributed by atoms with Crippen molar-refractivity contribution in [2.24, 2.45) is 0 Å². The van der Waals surface area contributed by atoms with Crippen LogP contribution in [0.3, 0.4) is 0 Å². The van der Waals surface area contributed by atoms with Crippen LogP contribution in [0.2, 0.25) is 0 Å². The molecule has 1 aromatic carbocycles. The average molecular weight is 443 g/mol. The van der Waals surface area contributed by atoms with Crippen molar-refractivity contribution in [3.8, 4) is 0 Å². The first-order valence-corrected chi connectivity index (χ1v) is 12.2. The van der Waals surface area contributed by atoms with E-state index in [1.165, 1.54) is 24.1 Å². The molecule has 4 rings (SSSR count). The lowest BCUT2D eigenvalue weighted by atomic mass is 9.89. The van der Waals surface area contributed by atoms with Crippen molar-refractivity contribution in [3.05, 3.63) is 53.6 Å². The van der Waals surface area contributed by atoms with Gasteiger partial charge in [0.2, 0.25) is 0 Å². The maximum Gasteiger partial charge on any atom is 0.270 e. The van der Waals surface area contributed by atoms with E-state index < -0.39 is 0 Å². The summed E-state index contributed by atoms with van der Waals surface area (Å²) in [5.74, 6) is 0.134. The molecule has 0 bridgehead atoms. The molecule has 3 aliphatic rings. The summed E-state index contributed by atoms with van der Waals surface area (Å²) in [4.78, 5) is 16.5. The molecule has 1 aromatic rings. The number of allylic oxidation sites excluding steroid dienone is 1. The maximum absolute atomic E-state index is 11.6. The number of carbonyl (C=O) groups is 1. The Hall–Kier alpha value is -1.80. The van der Waals surface area contributed by atoms with Crippen LogP contribution in [-0.2, 0) is 4.79 Å². The Morgan fingerprint density at radius 2 is 1.81 bits per heavy atom.